The van der Waals surface area contributed by atoms with Crippen molar-refractivity contribution in [2.75, 3.05) is 5.01 Å². The number of nitrogens with zero attached hydrogens (tertiary/aromatic N) is 4. The third kappa shape index (κ3) is 2.87. The molecule has 7 heteroatoms. The number of H-pyrrole nitrogens is 1. The summed E-state index contributed by atoms with van der Waals surface area (Å²) >= 11 is 0. The number of aromatic nitrogens is 2. The standard InChI is InChI=1S/C22H21N5O2/c23-11-14-5-10-19(25-22(14)29)27-21(13-3-1-2-4-13)17-8-9-18-16(20(17)26-27)7-6-15(12-28)24-18/h5-7,10,12-13,17,21H,1-4,8-9H2,(H,25,29). The molecule has 0 saturated heterocycles. The predicted octanol–water partition coefficient (Wildman–Crippen LogP) is 2.80. The molecule has 2 unspecified atom stereocenters. The van der Waals surface area contributed by atoms with Crippen molar-refractivity contribution in [3.05, 3.63) is 57.1 Å². The van der Waals surface area contributed by atoms with Crippen LogP contribution in [-0.4, -0.2) is 28.0 Å². The van der Waals surface area contributed by atoms with Crippen molar-refractivity contribution in [3.8, 4) is 6.07 Å². The number of aromatic amines is 1. The highest BCUT2D eigenvalue weighted by atomic mass is 16.1. The number of carbonyl (C=O) groups excluding carboxylic acids is 1. The number of nitrogens with one attached hydrogen (secondary N) is 1. The Kier molecular flexibility index (Phi) is 4.27. The zero-order valence-electron chi connectivity index (χ0n) is 16.0. The van der Waals surface area contributed by atoms with Crippen molar-refractivity contribution in [3.63, 3.8) is 0 Å². The number of anilines is 1. The van der Waals surface area contributed by atoms with Gasteiger partial charge >= 0.3 is 0 Å². The molecule has 2 atom stereocenters. The molecule has 5 rings (SSSR count). The Balaban J connectivity index is 1.61. The normalized spacial score (nSPS) is 23.3. The van der Waals surface area contributed by atoms with E-state index in [1.165, 1.54) is 12.8 Å². The van der Waals surface area contributed by atoms with Crippen molar-refractivity contribution < 1.29 is 4.79 Å². The Morgan fingerprint density at radius 1 is 1.17 bits per heavy atom. The first-order chi connectivity index (χ1) is 14.2. The Bertz CT molecular complexity index is 1110. The number of carbonyl (C=O) groups is 1. The summed E-state index contributed by atoms with van der Waals surface area (Å²) < 4.78 is 0. The van der Waals surface area contributed by atoms with Crippen LogP contribution in [0.1, 0.15) is 59.4 Å². The molecule has 7 nitrogen and oxygen atoms in total. The lowest BCUT2D eigenvalue weighted by Gasteiger charge is -2.33. The zero-order chi connectivity index (χ0) is 20.0. The number of aldehydes is 1. The minimum atomic E-state index is -0.386. The van der Waals surface area contributed by atoms with Gasteiger partial charge in [-0.3, -0.25) is 9.59 Å². The first kappa shape index (κ1) is 17.8. The molecule has 2 aromatic heterocycles. The van der Waals surface area contributed by atoms with Gasteiger partial charge in [-0.05, 0) is 55.9 Å². The average molecular weight is 387 g/mol. The maximum atomic E-state index is 12.2. The van der Waals surface area contributed by atoms with E-state index >= 15 is 0 Å². The first-order valence-electron chi connectivity index (χ1n) is 10.2. The number of hydrogen-bond acceptors (Lipinski definition) is 6. The van der Waals surface area contributed by atoms with Crippen LogP contribution in [0.3, 0.4) is 0 Å². The van der Waals surface area contributed by atoms with Gasteiger partial charge in [-0.25, -0.2) is 9.99 Å². The van der Waals surface area contributed by atoms with E-state index in [0.29, 0.717) is 17.4 Å². The van der Waals surface area contributed by atoms with Crippen molar-refractivity contribution in [1.29, 1.82) is 5.26 Å². The summed E-state index contributed by atoms with van der Waals surface area (Å²) in [5.74, 6) is 1.42. The van der Waals surface area contributed by atoms with E-state index in [-0.39, 0.29) is 23.1 Å². The van der Waals surface area contributed by atoms with Gasteiger partial charge in [-0.1, -0.05) is 12.8 Å². The molecule has 0 amide bonds. The molecule has 0 bridgehead atoms. The Morgan fingerprint density at radius 2 is 2.00 bits per heavy atom. The number of rotatable bonds is 3. The van der Waals surface area contributed by atoms with Gasteiger partial charge in [0, 0.05) is 11.5 Å². The first-order valence-corrected chi connectivity index (χ1v) is 10.2. The summed E-state index contributed by atoms with van der Waals surface area (Å²) in [6.45, 7) is 0. The number of hydrogen-bond donors (Lipinski definition) is 1. The molecule has 1 aliphatic heterocycles. The molecule has 0 aromatic carbocycles. The molecule has 3 heterocycles. The topological polar surface area (TPSA) is 102 Å². The molecule has 29 heavy (non-hydrogen) atoms. The number of pyridine rings is 2. The molecule has 1 fully saturated rings. The minimum absolute atomic E-state index is 0.103. The number of nitriles is 1. The van der Waals surface area contributed by atoms with E-state index in [2.05, 4.69) is 9.97 Å². The molecular weight excluding hydrogens is 366 g/mol. The van der Waals surface area contributed by atoms with E-state index < -0.39 is 0 Å². The summed E-state index contributed by atoms with van der Waals surface area (Å²) in [5.41, 5.74) is 3.09. The van der Waals surface area contributed by atoms with E-state index in [1.54, 1.807) is 18.2 Å². The van der Waals surface area contributed by atoms with Gasteiger partial charge < -0.3 is 4.98 Å². The van der Waals surface area contributed by atoms with Gasteiger partial charge in [0.05, 0.1) is 17.4 Å². The zero-order valence-corrected chi connectivity index (χ0v) is 16.0. The largest absolute Gasteiger partial charge is 0.306 e. The third-order valence-electron chi connectivity index (χ3n) is 6.49. The molecule has 2 aliphatic carbocycles. The van der Waals surface area contributed by atoms with Crippen LogP contribution < -0.4 is 10.6 Å². The smallest absolute Gasteiger partial charge is 0.267 e. The third-order valence-corrected chi connectivity index (χ3v) is 6.49. The summed E-state index contributed by atoms with van der Waals surface area (Å²) in [6.07, 6.45) is 7.30. The fourth-order valence-corrected chi connectivity index (χ4v) is 5.18. The second-order valence-corrected chi connectivity index (χ2v) is 8.06. The minimum Gasteiger partial charge on any atom is -0.306 e. The van der Waals surface area contributed by atoms with Gasteiger partial charge in [0.25, 0.3) is 5.56 Å². The summed E-state index contributed by atoms with van der Waals surface area (Å²) in [4.78, 5) is 30.7. The molecule has 3 aliphatic rings. The van der Waals surface area contributed by atoms with Gasteiger partial charge in [-0.15, -0.1) is 0 Å². The number of fused-ring (bicyclic) bond motifs is 3. The Morgan fingerprint density at radius 3 is 2.72 bits per heavy atom. The van der Waals surface area contributed by atoms with Crippen LogP contribution in [0.5, 0.6) is 0 Å². The second-order valence-electron chi connectivity index (χ2n) is 8.06. The lowest BCUT2D eigenvalue weighted by atomic mass is 9.76. The summed E-state index contributed by atoms with van der Waals surface area (Å²) in [6, 6.07) is 9.14. The van der Waals surface area contributed by atoms with Crippen LogP contribution in [0.4, 0.5) is 5.82 Å². The van der Waals surface area contributed by atoms with Gasteiger partial charge in [-0.2, -0.15) is 10.4 Å². The van der Waals surface area contributed by atoms with Crippen molar-refractivity contribution >= 4 is 17.8 Å². The van der Waals surface area contributed by atoms with Gasteiger partial charge in [0.15, 0.2) is 6.29 Å². The Labute approximate surface area is 168 Å². The highest BCUT2D eigenvalue weighted by molar-refractivity contribution is 6.06. The van der Waals surface area contributed by atoms with Crippen molar-refractivity contribution in [2.24, 2.45) is 16.9 Å². The lowest BCUT2D eigenvalue weighted by Crippen LogP contribution is -2.41. The molecule has 146 valence electrons. The van der Waals surface area contributed by atoms with E-state index in [1.807, 2.05) is 17.1 Å². The van der Waals surface area contributed by atoms with Gasteiger partial charge in [0.1, 0.15) is 23.1 Å². The highest BCUT2D eigenvalue weighted by Gasteiger charge is 2.46. The lowest BCUT2D eigenvalue weighted by molar-refractivity contribution is 0.111. The molecule has 0 spiro atoms. The maximum absolute atomic E-state index is 12.2. The summed E-state index contributed by atoms with van der Waals surface area (Å²) in [5, 5.41) is 16.0. The van der Waals surface area contributed by atoms with Crippen LogP contribution in [-0.2, 0) is 6.42 Å². The van der Waals surface area contributed by atoms with E-state index in [0.717, 1.165) is 48.9 Å². The predicted molar refractivity (Wildman–Crippen MR) is 108 cm³/mol. The SMILES string of the molecule is N#Cc1ccc(N2N=C3c4ccc(C=O)nc4CCC3C2C2CCCC2)[nH]c1=O. The molecular formula is C22H21N5O2. The highest BCUT2D eigenvalue weighted by Crippen LogP contribution is 2.43. The second kappa shape index (κ2) is 6.96. The van der Waals surface area contributed by atoms with E-state index in [9.17, 15) is 9.59 Å². The van der Waals surface area contributed by atoms with Crippen LogP contribution in [0.25, 0.3) is 0 Å². The number of hydrazone groups is 1. The van der Waals surface area contributed by atoms with Crippen LogP contribution >= 0.6 is 0 Å². The average Bonchev–Trinajstić information content (AvgIpc) is 3.40. The molecule has 2 aromatic rings. The Hall–Kier alpha value is -3.27. The van der Waals surface area contributed by atoms with Crippen molar-refractivity contribution in [1.82, 2.24) is 9.97 Å². The monoisotopic (exact) mass is 387 g/mol. The molecule has 1 N–H and O–H groups in total. The van der Waals surface area contributed by atoms with E-state index in [4.69, 9.17) is 10.4 Å². The van der Waals surface area contributed by atoms with Crippen LogP contribution in [0.15, 0.2) is 34.2 Å². The van der Waals surface area contributed by atoms with Crippen LogP contribution in [0.2, 0.25) is 0 Å². The molecule has 0 radical (unpaired) electrons. The van der Waals surface area contributed by atoms with Gasteiger partial charge in [0.2, 0.25) is 0 Å². The fourth-order valence-electron chi connectivity index (χ4n) is 5.18. The fraction of sp³-hybridized carbons (Fsp3) is 0.409. The van der Waals surface area contributed by atoms with Crippen molar-refractivity contribution in [2.45, 2.75) is 44.6 Å². The molecule has 1 saturated carbocycles. The number of aryl methyl sites for hydroxylation is 1. The van der Waals surface area contributed by atoms with Crippen LogP contribution in [0, 0.1) is 23.2 Å². The maximum Gasteiger partial charge on any atom is 0.267 e. The quantitative estimate of drug-likeness (QED) is 0.816. The summed E-state index contributed by atoms with van der Waals surface area (Å²) in [7, 11) is 0.